The van der Waals surface area contributed by atoms with Crippen LogP contribution in [0.2, 0.25) is 5.02 Å². The van der Waals surface area contributed by atoms with Gasteiger partial charge in [0.05, 0.1) is 10.7 Å². The summed E-state index contributed by atoms with van der Waals surface area (Å²) in [5, 5.41) is 4.12. The molecule has 26 heavy (non-hydrogen) atoms. The number of rotatable bonds is 7. The molecule has 1 amide bonds. The summed E-state index contributed by atoms with van der Waals surface area (Å²) in [6.45, 7) is 6.55. The van der Waals surface area contributed by atoms with Crippen molar-refractivity contribution in [3.05, 3.63) is 50.9 Å². The number of aryl methyl sites for hydroxylation is 2. The van der Waals surface area contributed by atoms with E-state index < -0.39 is 0 Å². The normalized spacial score (nSPS) is 15.4. The van der Waals surface area contributed by atoms with Gasteiger partial charge < -0.3 is 4.90 Å². The molecule has 2 heterocycles. The Morgan fingerprint density at radius 3 is 2.58 bits per heavy atom. The van der Waals surface area contributed by atoms with E-state index in [1.807, 2.05) is 29.2 Å². The van der Waals surface area contributed by atoms with E-state index in [1.54, 1.807) is 11.3 Å². The Balaban J connectivity index is 1.37. The third kappa shape index (κ3) is 5.53. The van der Waals surface area contributed by atoms with Crippen LogP contribution >= 0.6 is 22.9 Å². The Hall–Kier alpha value is -1.43. The van der Waals surface area contributed by atoms with Crippen LogP contribution in [0.5, 0.6) is 0 Å². The molecule has 1 fully saturated rings. The number of halogens is 1. The van der Waals surface area contributed by atoms with E-state index in [0.29, 0.717) is 6.42 Å². The lowest BCUT2D eigenvalue weighted by atomic mass is 10.1. The highest BCUT2D eigenvalue weighted by molar-refractivity contribution is 7.09. The Morgan fingerprint density at radius 2 is 1.92 bits per heavy atom. The van der Waals surface area contributed by atoms with E-state index in [-0.39, 0.29) is 5.91 Å². The van der Waals surface area contributed by atoms with Crippen LogP contribution in [-0.2, 0) is 24.2 Å². The third-order valence-corrected chi connectivity index (χ3v) is 6.08. The number of carbonyl (C=O) groups is 1. The molecular formula is C20H26ClN3OS. The van der Waals surface area contributed by atoms with Gasteiger partial charge in [-0.3, -0.25) is 9.69 Å². The second-order valence-electron chi connectivity index (χ2n) is 6.72. The van der Waals surface area contributed by atoms with E-state index in [9.17, 15) is 4.79 Å². The van der Waals surface area contributed by atoms with E-state index in [0.717, 1.165) is 62.7 Å². The molecule has 4 nitrogen and oxygen atoms in total. The fourth-order valence-electron chi connectivity index (χ4n) is 3.22. The van der Waals surface area contributed by atoms with Gasteiger partial charge in [-0.2, -0.15) is 0 Å². The molecular weight excluding hydrogens is 366 g/mol. The molecule has 1 aliphatic heterocycles. The summed E-state index contributed by atoms with van der Waals surface area (Å²) in [6.07, 6.45) is 3.43. The molecule has 140 valence electrons. The van der Waals surface area contributed by atoms with Crippen molar-refractivity contribution in [1.82, 2.24) is 14.8 Å². The van der Waals surface area contributed by atoms with Crippen molar-refractivity contribution in [2.75, 3.05) is 26.2 Å². The fraction of sp³-hybridized carbons (Fsp3) is 0.500. The molecule has 0 atom stereocenters. The lowest BCUT2D eigenvalue weighted by molar-refractivity contribution is -0.133. The van der Waals surface area contributed by atoms with E-state index in [1.165, 1.54) is 10.6 Å². The van der Waals surface area contributed by atoms with E-state index in [4.69, 9.17) is 11.6 Å². The first-order valence-corrected chi connectivity index (χ1v) is 10.6. The Morgan fingerprint density at radius 1 is 1.19 bits per heavy atom. The molecule has 1 aliphatic rings. The number of hydrogen-bond acceptors (Lipinski definition) is 4. The summed E-state index contributed by atoms with van der Waals surface area (Å²) >= 11 is 7.64. The first kappa shape index (κ1) is 19.3. The van der Waals surface area contributed by atoms with Crippen LogP contribution in [0, 0.1) is 0 Å². The molecule has 0 unspecified atom stereocenters. The van der Waals surface area contributed by atoms with Crippen molar-refractivity contribution in [2.45, 2.75) is 39.2 Å². The maximum atomic E-state index is 12.4. The number of thiazole rings is 1. The predicted molar refractivity (Wildman–Crippen MR) is 108 cm³/mol. The highest BCUT2D eigenvalue weighted by Crippen LogP contribution is 2.15. The summed E-state index contributed by atoms with van der Waals surface area (Å²) in [6, 6.07) is 7.88. The number of carbonyl (C=O) groups excluding carboxylic acids is 1. The standard InChI is InChI=1S/C20H26ClN3OS/c1-2-19-22-18(15-26-19)14-23-10-12-24(13-11-23)20(25)5-3-4-16-6-8-17(21)9-7-16/h6-9,15H,2-5,10-14H2,1H3. The summed E-state index contributed by atoms with van der Waals surface area (Å²) in [4.78, 5) is 21.5. The number of hydrogen-bond donors (Lipinski definition) is 0. The minimum atomic E-state index is 0.278. The van der Waals surface area contributed by atoms with Crippen LogP contribution in [0.1, 0.15) is 36.0 Å². The predicted octanol–water partition coefficient (Wildman–Crippen LogP) is 4.03. The topological polar surface area (TPSA) is 36.4 Å². The van der Waals surface area contributed by atoms with Gasteiger partial charge in [-0.25, -0.2) is 4.98 Å². The zero-order chi connectivity index (χ0) is 18.4. The minimum absolute atomic E-state index is 0.278. The van der Waals surface area contributed by atoms with E-state index in [2.05, 4.69) is 22.2 Å². The van der Waals surface area contributed by atoms with Crippen molar-refractivity contribution >= 4 is 28.8 Å². The smallest absolute Gasteiger partial charge is 0.222 e. The monoisotopic (exact) mass is 391 g/mol. The van der Waals surface area contributed by atoms with Crippen LogP contribution in [0.4, 0.5) is 0 Å². The van der Waals surface area contributed by atoms with Crippen LogP contribution in [0.15, 0.2) is 29.6 Å². The molecule has 0 N–H and O–H groups in total. The van der Waals surface area contributed by atoms with Crippen molar-refractivity contribution in [3.8, 4) is 0 Å². The molecule has 0 radical (unpaired) electrons. The van der Waals surface area contributed by atoms with Crippen LogP contribution < -0.4 is 0 Å². The van der Waals surface area contributed by atoms with Crippen molar-refractivity contribution in [3.63, 3.8) is 0 Å². The van der Waals surface area contributed by atoms with Gasteiger partial charge in [0, 0.05) is 49.5 Å². The number of benzene rings is 1. The van der Waals surface area contributed by atoms with Crippen LogP contribution in [0.3, 0.4) is 0 Å². The van der Waals surface area contributed by atoms with Crippen LogP contribution in [0.25, 0.3) is 0 Å². The summed E-state index contributed by atoms with van der Waals surface area (Å²) in [5.41, 5.74) is 2.40. The quantitative estimate of drug-likeness (QED) is 0.715. The molecule has 6 heteroatoms. The first-order chi connectivity index (χ1) is 12.6. The lowest BCUT2D eigenvalue weighted by Crippen LogP contribution is -2.48. The van der Waals surface area contributed by atoms with Gasteiger partial charge in [0.15, 0.2) is 0 Å². The first-order valence-electron chi connectivity index (χ1n) is 9.32. The average Bonchev–Trinajstić information content (AvgIpc) is 3.11. The van der Waals surface area contributed by atoms with Gasteiger partial charge in [0.2, 0.25) is 5.91 Å². The molecule has 1 aromatic carbocycles. The van der Waals surface area contributed by atoms with Gasteiger partial charge in [-0.05, 0) is 37.0 Å². The van der Waals surface area contributed by atoms with Crippen LogP contribution in [-0.4, -0.2) is 46.9 Å². The largest absolute Gasteiger partial charge is 0.340 e. The number of aromatic nitrogens is 1. The Labute approximate surface area is 164 Å². The van der Waals surface area contributed by atoms with Gasteiger partial charge in [0.1, 0.15) is 0 Å². The second kappa shape index (κ2) is 9.49. The summed E-state index contributed by atoms with van der Waals surface area (Å²) in [7, 11) is 0. The highest BCUT2D eigenvalue weighted by Gasteiger charge is 2.21. The third-order valence-electron chi connectivity index (χ3n) is 4.78. The number of amides is 1. The Bertz CT molecular complexity index is 708. The number of nitrogens with zero attached hydrogens (tertiary/aromatic N) is 3. The zero-order valence-electron chi connectivity index (χ0n) is 15.3. The zero-order valence-corrected chi connectivity index (χ0v) is 16.9. The summed E-state index contributed by atoms with van der Waals surface area (Å²) in [5.74, 6) is 0.278. The average molecular weight is 392 g/mol. The molecule has 0 saturated carbocycles. The maximum absolute atomic E-state index is 12.4. The molecule has 0 aliphatic carbocycles. The minimum Gasteiger partial charge on any atom is -0.340 e. The highest BCUT2D eigenvalue weighted by atomic mass is 35.5. The van der Waals surface area contributed by atoms with Gasteiger partial charge in [0.25, 0.3) is 0 Å². The van der Waals surface area contributed by atoms with Gasteiger partial charge in [-0.15, -0.1) is 11.3 Å². The molecule has 2 aromatic rings. The molecule has 0 bridgehead atoms. The summed E-state index contributed by atoms with van der Waals surface area (Å²) < 4.78 is 0. The number of piperazine rings is 1. The fourth-order valence-corrected chi connectivity index (χ4v) is 4.08. The van der Waals surface area contributed by atoms with E-state index >= 15 is 0 Å². The van der Waals surface area contributed by atoms with Gasteiger partial charge >= 0.3 is 0 Å². The maximum Gasteiger partial charge on any atom is 0.222 e. The SMILES string of the molecule is CCc1nc(CN2CCN(C(=O)CCCc3ccc(Cl)cc3)CC2)cs1. The molecule has 1 aromatic heterocycles. The Kier molecular flexibility index (Phi) is 7.06. The second-order valence-corrected chi connectivity index (χ2v) is 8.10. The molecule has 1 saturated heterocycles. The van der Waals surface area contributed by atoms with Crippen molar-refractivity contribution < 1.29 is 4.79 Å². The molecule has 3 rings (SSSR count). The van der Waals surface area contributed by atoms with Crippen molar-refractivity contribution in [1.29, 1.82) is 0 Å². The van der Waals surface area contributed by atoms with Gasteiger partial charge in [-0.1, -0.05) is 30.7 Å². The van der Waals surface area contributed by atoms with Crippen molar-refractivity contribution in [2.24, 2.45) is 0 Å². The lowest BCUT2D eigenvalue weighted by Gasteiger charge is -2.34. The molecule has 0 spiro atoms.